The summed E-state index contributed by atoms with van der Waals surface area (Å²) in [5.41, 5.74) is 4.40. The van der Waals surface area contributed by atoms with Crippen LogP contribution >= 0.6 is 0 Å². The van der Waals surface area contributed by atoms with Crippen LogP contribution in [0.1, 0.15) is 16.7 Å². The predicted octanol–water partition coefficient (Wildman–Crippen LogP) is 4.70. The summed E-state index contributed by atoms with van der Waals surface area (Å²) in [4.78, 5) is 20.1. The van der Waals surface area contributed by atoms with Crippen molar-refractivity contribution in [3.63, 3.8) is 0 Å². The molecule has 0 radical (unpaired) electrons. The molecule has 1 amide bonds. The minimum atomic E-state index is -0.279. The Labute approximate surface area is 215 Å². The number of hydrogen-bond acceptors (Lipinski definition) is 5. The van der Waals surface area contributed by atoms with Crippen molar-refractivity contribution in [3.8, 4) is 34.3 Å². The molecule has 37 heavy (non-hydrogen) atoms. The summed E-state index contributed by atoms with van der Waals surface area (Å²) in [7, 11) is 3.25. The molecule has 0 spiro atoms. The Kier molecular flexibility index (Phi) is 6.90. The maximum atomic E-state index is 13.8. The van der Waals surface area contributed by atoms with Crippen molar-refractivity contribution in [3.05, 3.63) is 83.2 Å². The number of methoxy groups -OCH3 is 2. The summed E-state index contributed by atoms with van der Waals surface area (Å²) in [5, 5.41) is 4.67. The Morgan fingerprint density at radius 1 is 0.919 bits per heavy atom. The number of hydrogen-bond donors (Lipinski definition) is 0. The molecule has 3 aromatic carbocycles. The SMILES string of the molecule is COc1cc2c(cc1OC)CCN(C(=O)Cn1nc(-c3ccc(F)c(C)c3)nc1-c1ccccc1)CC2. The quantitative estimate of drug-likeness (QED) is 0.384. The van der Waals surface area contributed by atoms with E-state index in [0.717, 1.165) is 29.5 Å². The van der Waals surface area contributed by atoms with Gasteiger partial charge in [0.25, 0.3) is 0 Å². The van der Waals surface area contributed by atoms with Crippen LogP contribution in [-0.2, 0) is 24.2 Å². The molecule has 0 N–H and O–H groups in total. The van der Waals surface area contributed by atoms with Crippen molar-refractivity contribution in [1.29, 1.82) is 0 Å². The summed E-state index contributed by atoms with van der Waals surface area (Å²) >= 11 is 0. The van der Waals surface area contributed by atoms with E-state index < -0.39 is 0 Å². The van der Waals surface area contributed by atoms with Gasteiger partial charge in [-0.1, -0.05) is 30.3 Å². The third kappa shape index (κ3) is 5.05. The second-order valence-electron chi connectivity index (χ2n) is 9.10. The number of ether oxygens (including phenoxy) is 2. The number of benzene rings is 3. The van der Waals surface area contributed by atoms with Crippen LogP contribution in [0.15, 0.2) is 60.7 Å². The van der Waals surface area contributed by atoms with Crippen molar-refractivity contribution in [2.45, 2.75) is 26.3 Å². The first-order valence-corrected chi connectivity index (χ1v) is 12.2. The average Bonchev–Trinajstić information content (AvgIpc) is 3.22. The summed E-state index contributed by atoms with van der Waals surface area (Å²) in [5.74, 6) is 2.13. The van der Waals surface area contributed by atoms with Crippen LogP contribution in [-0.4, -0.2) is 52.9 Å². The second-order valence-corrected chi connectivity index (χ2v) is 9.10. The van der Waals surface area contributed by atoms with Gasteiger partial charge < -0.3 is 14.4 Å². The van der Waals surface area contributed by atoms with Gasteiger partial charge in [-0.15, -0.1) is 5.10 Å². The highest BCUT2D eigenvalue weighted by Crippen LogP contribution is 2.32. The Morgan fingerprint density at radius 2 is 1.57 bits per heavy atom. The van der Waals surface area contributed by atoms with Gasteiger partial charge in [0, 0.05) is 24.2 Å². The Balaban J connectivity index is 1.41. The maximum absolute atomic E-state index is 13.8. The van der Waals surface area contributed by atoms with E-state index in [1.165, 1.54) is 6.07 Å². The van der Waals surface area contributed by atoms with Crippen LogP contribution in [0.4, 0.5) is 4.39 Å². The van der Waals surface area contributed by atoms with Crippen molar-refractivity contribution in [1.82, 2.24) is 19.7 Å². The van der Waals surface area contributed by atoms with E-state index in [1.807, 2.05) is 47.4 Å². The first-order valence-electron chi connectivity index (χ1n) is 12.2. The van der Waals surface area contributed by atoms with E-state index in [4.69, 9.17) is 14.5 Å². The van der Waals surface area contributed by atoms with Crippen LogP contribution in [0.25, 0.3) is 22.8 Å². The Morgan fingerprint density at radius 3 is 2.16 bits per heavy atom. The van der Waals surface area contributed by atoms with Crippen molar-refractivity contribution >= 4 is 5.91 Å². The topological polar surface area (TPSA) is 69.5 Å². The monoisotopic (exact) mass is 500 g/mol. The van der Waals surface area contributed by atoms with Crippen LogP contribution in [0.5, 0.6) is 11.5 Å². The minimum Gasteiger partial charge on any atom is -0.493 e. The van der Waals surface area contributed by atoms with Gasteiger partial charge in [0.1, 0.15) is 12.4 Å². The van der Waals surface area contributed by atoms with Crippen molar-refractivity contribution < 1.29 is 18.7 Å². The maximum Gasteiger partial charge on any atom is 0.244 e. The largest absolute Gasteiger partial charge is 0.493 e. The molecule has 1 aliphatic rings. The van der Waals surface area contributed by atoms with Crippen LogP contribution in [0, 0.1) is 12.7 Å². The zero-order chi connectivity index (χ0) is 25.9. The molecule has 0 atom stereocenters. The number of aromatic nitrogens is 3. The second kappa shape index (κ2) is 10.4. The fraction of sp³-hybridized carbons (Fsp3) is 0.276. The summed E-state index contributed by atoms with van der Waals surface area (Å²) in [6.07, 6.45) is 1.45. The fourth-order valence-corrected chi connectivity index (χ4v) is 4.69. The normalized spacial score (nSPS) is 13.1. The molecule has 8 heteroatoms. The first kappa shape index (κ1) is 24.5. The zero-order valence-electron chi connectivity index (χ0n) is 21.2. The molecule has 0 fully saturated rings. The molecule has 0 bridgehead atoms. The summed E-state index contributed by atoms with van der Waals surface area (Å²) in [6.45, 7) is 2.96. The molecule has 7 nitrogen and oxygen atoms in total. The van der Waals surface area contributed by atoms with Crippen LogP contribution < -0.4 is 9.47 Å². The molecular formula is C29H29FN4O3. The zero-order valence-corrected chi connectivity index (χ0v) is 21.2. The number of nitrogens with zero attached hydrogens (tertiary/aromatic N) is 4. The number of halogens is 1. The highest BCUT2D eigenvalue weighted by molar-refractivity contribution is 5.77. The molecule has 0 saturated carbocycles. The predicted molar refractivity (Wildman–Crippen MR) is 139 cm³/mol. The lowest BCUT2D eigenvalue weighted by Crippen LogP contribution is -2.36. The van der Waals surface area contributed by atoms with Gasteiger partial charge in [-0.25, -0.2) is 14.1 Å². The van der Waals surface area contributed by atoms with Gasteiger partial charge in [-0.3, -0.25) is 4.79 Å². The molecule has 4 aromatic rings. The van der Waals surface area contributed by atoms with E-state index in [0.29, 0.717) is 47.4 Å². The molecule has 5 rings (SSSR count). The molecule has 0 unspecified atom stereocenters. The number of rotatable bonds is 6. The first-order chi connectivity index (χ1) is 18.0. The molecule has 0 aliphatic carbocycles. The van der Waals surface area contributed by atoms with E-state index in [-0.39, 0.29) is 18.3 Å². The molecular weight excluding hydrogens is 471 g/mol. The highest BCUT2D eigenvalue weighted by atomic mass is 19.1. The smallest absolute Gasteiger partial charge is 0.244 e. The minimum absolute atomic E-state index is 0.0318. The molecule has 1 aliphatic heterocycles. The lowest BCUT2D eigenvalue weighted by atomic mass is 10.0. The summed E-state index contributed by atoms with van der Waals surface area (Å²) < 4.78 is 26.4. The van der Waals surface area contributed by atoms with Gasteiger partial charge in [0.05, 0.1) is 14.2 Å². The lowest BCUT2D eigenvalue weighted by molar-refractivity contribution is -0.131. The number of aryl methyl sites for hydroxylation is 1. The molecule has 190 valence electrons. The number of amides is 1. The standard InChI is InChI=1S/C29H29FN4O3/c1-19-15-23(9-10-24(19)30)28-31-29(20-7-5-4-6-8-20)34(32-28)18-27(35)33-13-11-21-16-25(36-2)26(37-3)17-22(21)12-14-33/h4-10,15-17H,11-14,18H2,1-3H3. The third-order valence-electron chi connectivity index (χ3n) is 6.77. The fourth-order valence-electron chi connectivity index (χ4n) is 4.69. The lowest BCUT2D eigenvalue weighted by Gasteiger charge is -2.20. The van der Waals surface area contributed by atoms with E-state index in [9.17, 15) is 9.18 Å². The third-order valence-corrected chi connectivity index (χ3v) is 6.77. The molecule has 1 aromatic heterocycles. The van der Waals surface area contributed by atoms with Crippen molar-refractivity contribution in [2.24, 2.45) is 0 Å². The average molecular weight is 501 g/mol. The van der Waals surface area contributed by atoms with Gasteiger partial charge in [-0.05, 0) is 66.8 Å². The van der Waals surface area contributed by atoms with Gasteiger partial charge in [0.2, 0.25) is 5.91 Å². The number of carbonyl (C=O) groups excluding carboxylic acids is 1. The molecule has 2 heterocycles. The van der Waals surface area contributed by atoms with Crippen LogP contribution in [0.2, 0.25) is 0 Å². The van der Waals surface area contributed by atoms with E-state index >= 15 is 0 Å². The number of carbonyl (C=O) groups is 1. The van der Waals surface area contributed by atoms with Gasteiger partial charge in [0.15, 0.2) is 23.1 Å². The van der Waals surface area contributed by atoms with E-state index in [1.54, 1.807) is 38.0 Å². The van der Waals surface area contributed by atoms with Gasteiger partial charge in [-0.2, -0.15) is 0 Å². The Hall–Kier alpha value is -4.20. The summed E-state index contributed by atoms with van der Waals surface area (Å²) in [6, 6.07) is 18.5. The highest BCUT2D eigenvalue weighted by Gasteiger charge is 2.23. The van der Waals surface area contributed by atoms with Gasteiger partial charge >= 0.3 is 0 Å². The Bertz CT molecular complexity index is 1400. The number of fused-ring (bicyclic) bond motifs is 1. The van der Waals surface area contributed by atoms with E-state index in [2.05, 4.69) is 5.10 Å². The van der Waals surface area contributed by atoms with Crippen LogP contribution in [0.3, 0.4) is 0 Å². The van der Waals surface area contributed by atoms with Crippen molar-refractivity contribution in [2.75, 3.05) is 27.3 Å². The molecule has 0 saturated heterocycles.